The summed E-state index contributed by atoms with van der Waals surface area (Å²) in [6.45, 7) is 2.94. The van der Waals surface area contributed by atoms with Crippen LogP contribution in [0.1, 0.15) is 29.3 Å². The van der Waals surface area contributed by atoms with E-state index in [1.165, 1.54) is 48.2 Å². The molecule has 0 spiro atoms. The number of ether oxygens (including phenoxy) is 1. The number of halogens is 3. The molecule has 0 fully saturated rings. The lowest BCUT2D eigenvalue weighted by Gasteiger charge is -2.23. The lowest BCUT2D eigenvalue weighted by atomic mass is 10.1. The van der Waals surface area contributed by atoms with Crippen LogP contribution in [0.25, 0.3) is 16.7 Å². The van der Waals surface area contributed by atoms with Crippen molar-refractivity contribution in [3.05, 3.63) is 83.2 Å². The third-order valence-corrected chi connectivity index (χ3v) is 8.21. The number of fused-ring (bicyclic) bond motifs is 1. The van der Waals surface area contributed by atoms with Crippen molar-refractivity contribution in [1.29, 1.82) is 0 Å². The SMILES string of the molecule is CCN(Cc1cc(C(F)(F)F)ccc1-n1cc(CC(=O)O)c2ccc(C)nc21)S(=O)(=O)c1ccc(OC)cc1. The summed E-state index contributed by atoms with van der Waals surface area (Å²) in [5.74, 6) is -0.624. The molecule has 206 valence electrons. The number of methoxy groups -OCH3 is 1. The summed E-state index contributed by atoms with van der Waals surface area (Å²) in [7, 11) is -2.64. The molecule has 2 aromatic heterocycles. The molecule has 0 amide bonds. The van der Waals surface area contributed by atoms with E-state index in [1.54, 1.807) is 26.0 Å². The summed E-state index contributed by atoms with van der Waals surface area (Å²) >= 11 is 0. The number of carboxylic acid groups (broad SMARTS) is 1. The Morgan fingerprint density at radius 1 is 1.08 bits per heavy atom. The smallest absolute Gasteiger partial charge is 0.416 e. The van der Waals surface area contributed by atoms with Crippen molar-refractivity contribution >= 4 is 27.0 Å². The number of benzene rings is 2. The number of rotatable bonds is 9. The molecule has 4 rings (SSSR count). The minimum atomic E-state index is -4.67. The van der Waals surface area contributed by atoms with Crippen LogP contribution in [0, 0.1) is 6.92 Å². The fourth-order valence-electron chi connectivity index (χ4n) is 4.33. The predicted octanol–water partition coefficient (Wildman–Crippen LogP) is 5.20. The molecule has 12 heteroatoms. The quantitative estimate of drug-likeness (QED) is 0.302. The van der Waals surface area contributed by atoms with Gasteiger partial charge in [-0.1, -0.05) is 6.92 Å². The van der Waals surface area contributed by atoms with Crippen molar-refractivity contribution in [3.63, 3.8) is 0 Å². The van der Waals surface area contributed by atoms with Crippen LogP contribution in [0.5, 0.6) is 5.75 Å². The molecule has 4 aromatic rings. The largest absolute Gasteiger partial charge is 0.497 e. The van der Waals surface area contributed by atoms with E-state index in [0.29, 0.717) is 28.0 Å². The van der Waals surface area contributed by atoms with Gasteiger partial charge in [-0.15, -0.1) is 0 Å². The van der Waals surface area contributed by atoms with E-state index in [4.69, 9.17) is 4.74 Å². The average molecular weight is 562 g/mol. The number of hydrogen-bond acceptors (Lipinski definition) is 5. The molecule has 1 N–H and O–H groups in total. The zero-order valence-corrected chi connectivity index (χ0v) is 22.2. The van der Waals surface area contributed by atoms with Crippen LogP contribution in [-0.4, -0.2) is 47.0 Å². The summed E-state index contributed by atoms with van der Waals surface area (Å²) in [5, 5.41) is 9.92. The van der Waals surface area contributed by atoms with Gasteiger partial charge in [0.25, 0.3) is 0 Å². The van der Waals surface area contributed by atoms with Gasteiger partial charge in [0.15, 0.2) is 0 Å². The number of alkyl halides is 3. The van der Waals surface area contributed by atoms with Gasteiger partial charge in [-0.2, -0.15) is 17.5 Å². The lowest BCUT2D eigenvalue weighted by Crippen LogP contribution is -2.31. The van der Waals surface area contributed by atoms with Crippen LogP contribution in [0.3, 0.4) is 0 Å². The Hall–Kier alpha value is -3.90. The fraction of sp³-hybridized carbons (Fsp3) is 0.259. The Balaban J connectivity index is 1.88. The van der Waals surface area contributed by atoms with Crippen LogP contribution >= 0.6 is 0 Å². The molecule has 0 aliphatic heterocycles. The van der Waals surface area contributed by atoms with Crippen molar-refractivity contribution in [2.24, 2.45) is 0 Å². The number of carboxylic acids is 1. The number of aryl methyl sites for hydroxylation is 1. The van der Waals surface area contributed by atoms with Crippen LogP contribution in [0.2, 0.25) is 0 Å². The normalized spacial score (nSPS) is 12.3. The first-order chi connectivity index (χ1) is 18.3. The molecular weight excluding hydrogens is 535 g/mol. The number of aliphatic carboxylic acids is 1. The van der Waals surface area contributed by atoms with Gasteiger partial charge >= 0.3 is 12.1 Å². The topological polar surface area (TPSA) is 102 Å². The predicted molar refractivity (Wildman–Crippen MR) is 138 cm³/mol. The summed E-state index contributed by atoms with van der Waals surface area (Å²) in [5.41, 5.74) is 0.791. The molecule has 0 aliphatic carbocycles. The highest BCUT2D eigenvalue weighted by Gasteiger charge is 2.32. The van der Waals surface area contributed by atoms with Gasteiger partial charge in [-0.25, -0.2) is 13.4 Å². The minimum Gasteiger partial charge on any atom is -0.497 e. The molecule has 0 saturated heterocycles. The van der Waals surface area contributed by atoms with Crippen LogP contribution in [0.15, 0.2) is 65.7 Å². The Kier molecular flexibility index (Phi) is 7.71. The summed E-state index contributed by atoms with van der Waals surface area (Å²) in [6.07, 6.45) is -3.47. The second-order valence-corrected chi connectivity index (χ2v) is 10.8. The van der Waals surface area contributed by atoms with E-state index in [2.05, 4.69) is 4.98 Å². The third kappa shape index (κ3) is 5.76. The molecule has 0 bridgehead atoms. The van der Waals surface area contributed by atoms with E-state index >= 15 is 0 Å². The van der Waals surface area contributed by atoms with Crippen LogP contribution < -0.4 is 4.74 Å². The Morgan fingerprint density at radius 3 is 2.36 bits per heavy atom. The van der Waals surface area contributed by atoms with Crippen molar-refractivity contribution < 1.29 is 36.2 Å². The number of sulfonamides is 1. The molecule has 2 heterocycles. The maximum absolute atomic E-state index is 13.7. The first-order valence-electron chi connectivity index (χ1n) is 11.9. The van der Waals surface area contributed by atoms with Crippen LogP contribution in [-0.2, 0) is 34.0 Å². The van der Waals surface area contributed by atoms with Crippen molar-refractivity contribution in [1.82, 2.24) is 13.9 Å². The standard InChI is InChI=1S/C27H26F3N3O5S/c1-4-32(39(36,37)22-9-7-21(38-3)8-10-22)15-19-13-20(27(28,29)30)6-12-24(19)33-16-18(14-25(34)35)23-11-5-17(2)31-26(23)33/h5-13,16H,4,14-15H2,1-3H3,(H,34,35). The van der Waals surface area contributed by atoms with E-state index in [-0.39, 0.29) is 35.7 Å². The Morgan fingerprint density at radius 2 is 1.77 bits per heavy atom. The molecule has 0 aliphatic rings. The number of aromatic nitrogens is 2. The molecule has 8 nitrogen and oxygen atoms in total. The van der Waals surface area contributed by atoms with Crippen molar-refractivity contribution in [2.45, 2.75) is 37.9 Å². The van der Waals surface area contributed by atoms with Crippen molar-refractivity contribution in [2.75, 3.05) is 13.7 Å². The second-order valence-electron chi connectivity index (χ2n) is 8.87. The van der Waals surface area contributed by atoms with Gasteiger partial charge in [0.05, 0.1) is 29.7 Å². The zero-order valence-electron chi connectivity index (χ0n) is 21.4. The monoisotopic (exact) mass is 561 g/mol. The third-order valence-electron chi connectivity index (χ3n) is 6.28. The molecule has 0 saturated carbocycles. The van der Waals surface area contributed by atoms with Gasteiger partial charge < -0.3 is 14.4 Å². The van der Waals surface area contributed by atoms with Gasteiger partial charge in [0, 0.05) is 30.4 Å². The fourth-order valence-corrected chi connectivity index (χ4v) is 5.76. The van der Waals surface area contributed by atoms with Gasteiger partial charge in [0.2, 0.25) is 10.0 Å². The Bertz CT molecular complexity index is 1630. The first kappa shape index (κ1) is 28.1. The second kappa shape index (κ2) is 10.7. The number of nitrogens with zero attached hydrogens (tertiary/aromatic N) is 3. The van der Waals surface area contributed by atoms with Gasteiger partial charge in [-0.3, -0.25) is 4.79 Å². The van der Waals surface area contributed by atoms with E-state index in [1.807, 2.05) is 0 Å². The van der Waals surface area contributed by atoms with Crippen LogP contribution in [0.4, 0.5) is 13.2 Å². The highest BCUT2D eigenvalue weighted by molar-refractivity contribution is 7.89. The maximum Gasteiger partial charge on any atom is 0.416 e. The molecule has 0 atom stereocenters. The Labute approximate surface area is 223 Å². The highest BCUT2D eigenvalue weighted by Crippen LogP contribution is 2.34. The van der Waals surface area contributed by atoms with Gasteiger partial charge in [-0.05, 0) is 72.6 Å². The summed E-state index contributed by atoms with van der Waals surface area (Å²) in [6, 6.07) is 12.2. The molecule has 2 aromatic carbocycles. The van der Waals surface area contributed by atoms with E-state index < -0.39 is 27.7 Å². The van der Waals surface area contributed by atoms with Gasteiger partial charge in [0.1, 0.15) is 11.4 Å². The molecule has 0 radical (unpaired) electrons. The first-order valence-corrected chi connectivity index (χ1v) is 13.3. The summed E-state index contributed by atoms with van der Waals surface area (Å²) in [4.78, 5) is 16.0. The lowest BCUT2D eigenvalue weighted by molar-refractivity contribution is -0.138. The minimum absolute atomic E-state index is 0.0158. The molecule has 39 heavy (non-hydrogen) atoms. The highest BCUT2D eigenvalue weighted by atomic mass is 32.2. The molecular formula is C27H26F3N3O5S. The average Bonchev–Trinajstić information content (AvgIpc) is 3.22. The van der Waals surface area contributed by atoms with E-state index in [9.17, 15) is 31.5 Å². The number of hydrogen-bond donors (Lipinski definition) is 1. The van der Waals surface area contributed by atoms with Crippen molar-refractivity contribution in [3.8, 4) is 11.4 Å². The number of carbonyl (C=O) groups is 1. The molecule has 0 unspecified atom stereocenters. The maximum atomic E-state index is 13.7. The zero-order chi connectivity index (χ0) is 28.5. The number of pyridine rings is 1. The summed E-state index contributed by atoms with van der Waals surface area (Å²) < 4.78 is 75.7. The van der Waals surface area contributed by atoms with E-state index in [0.717, 1.165) is 16.4 Å².